The summed E-state index contributed by atoms with van der Waals surface area (Å²) in [7, 11) is 0. The van der Waals surface area contributed by atoms with E-state index in [-0.39, 0.29) is 11.9 Å². The van der Waals surface area contributed by atoms with Crippen molar-refractivity contribution in [1.29, 1.82) is 0 Å². The van der Waals surface area contributed by atoms with E-state index in [2.05, 4.69) is 22.6 Å². The Morgan fingerprint density at radius 3 is 2.52 bits per heavy atom. The number of nitrogens with zero attached hydrogens (tertiary/aromatic N) is 1. The molecule has 0 radical (unpaired) electrons. The van der Waals surface area contributed by atoms with Crippen LogP contribution in [0.4, 0.5) is 0 Å². The van der Waals surface area contributed by atoms with Crippen molar-refractivity contribution in [1.82, 2.24) is 4.90 Å². The zero-order valence-electron chi connectivity index (χ0n) is 12.0. The van der Waals surface area contributed by atoms with Crippen LogP contribution in [0.25, 0.3) is 0 Å². The van der Waals surface area contributed by atoms with Gasteiger partial charge < -0.3 is 4.90 Å². The molecule has 0 aliphatic heterocycles. The number of carbonyl (C=O) groups is 1. The van der Waals surface area contributed by atoms with E-state index < -0.39 is 0 Å². The van der Waals surface area contributed by atoms with E-state index in [0.29, 0.717) is 11.6 Å². The van der Waals surface area contributed by atoms with Gasteiger partial charge in [0, 0.05) is 21.2 Å². The Morgan fingerprint density at radius 1 is 1.19 bits per heavy atom. The van der Waals surface area contributed by atoms with Crippen molar-refractivity contribution in [2.45, 2.75) is 26.4 Å². The van der Waals surface area contributed by atoms with Crippen LogP contribution in [0.1, 0.15) is 29.8 Å². The maximum absolute atomic E-state index is 12.8. The van der Waals surface area contributed by atoms with Crippen molar-refractivity contribution >= 4 is 40.1 Å². The first-order valence-electron chi connectivity index (χ1n) is 6.79. The molecule has 0 spiro atoms. The molecule has 110 valence electrons. The molecule has 4 heteroatoms. The fourth-order valence-corrected chi connectivity index (χ4v) is 2.94. The number of hydrogen-bond acceptors (Lipinski definition) is 1. The highest BCUT2D eigenvalue weighted by atomic mass is 127. The number of carbonyl (C=O) groups excluding carboxylic acids is 1. The zero-order valence-corrected chi connectivity index (χ0v) is 14.9. The molecule has 1 amide bonds. The summed E-state index contributed by atoms with van der Waals surface area (Å²) in [5, 5.41) is 0.693. The molecule has 0 bridgehead atoms. The third kappa shape index (κ3) is 4.20. The molecular formula is C17H17ClINO. The average molecular weight is 414 g/mol. The van der Waals surface area contributed by atoms with E-state index in [1.54, 1.807) is 0 Å². The van der Waals surface area contributed by atoms with Crippen molar-refractivity contribution in [3.63, 3.8) is 0 Å². The Morgan fingerprint density at radius 2 is 1.90 bits per heavy atom. The molecule has 0 saturated heterocycles. The molecule has 0 fully saturated rings. The van der Waals surface area contributed by atoms with Crippen molar-refractivity contribution in [2.75, 3.05) is 0 Å². The third-order valence-corrected chi connectivity index (χ3v) is 4.41. The van der Waals surface area contributed by atoms with Gasteiger partial charge in [-0.05, 0) is 66.3 Å². The van der Waals surface area contributed by atoms with Gasteiger partial charge in [0.25, 0.3) is 5.91 Å². The third-order valence-electron chi connectivity index (χ3n) is 3.23. The summed E-state index contributed by atoms with van der Waals surface area (Å²) in [6, 6.07) is 15.4. The first kappa shape index (κ1) is 16.3. The molecule has 0 heterocycles. The highest BCUT2D eigenvalue weighted by Gasteiger charge is 2.20. The highest BCUT2D eigenvalue weighted by Crippen LogP contribution is 2.19. The van der Waals surface area contributed by atoms with E-state index in [9.17, 15) is 4.79 Å². The predicted molar refractivity (Wildman–Crippen MR) is 95.6 cm³/mol. The first-order chi connectivity index (χ1) is 9.99. The van der Waals surface area contributed by atoms with Gasteiger partial charge in [-0.3, -0.25) is 4.79 Å². The van der Waals surface area contributed by atoms with E-state index in [1.165, 1.54) is 0 Å². The molecule has 2 rings (SSSR count). The van der Waals surface area contributed by atoms with Crippen LogP contribution in [0.5, 0.6) is 0 Å². The van der Waals surface area contributed by atoms with Crippen LogP contribution >= 0.6 is 34.2 Å². The lowest BCUT2D eigenvalue weighted by atomic mass is 10.1. The van der Waals surface area contributed by atoms with Crippen LogP contribution in [-0.2, 0) is 6.54 Å². The van der Waals surface area contributed by atoms with E-state index in [0.717, 1.165) is 14.7 Å². The second-order valence-corrected chi connectivity index (χ2v) is 6.74. The Balaban J connectivity index is 2.27. The zero-order chi connectivity index (χ0) is 15.4. The minimum Gasteiger partial charge on any atom is -0.332 e. The van der Waals surface area contributed by atoms with Gasteiger partial charge in [0.2, 0.25) is 0 Å². The van der Waals surface area contributed by atoms with Gasteiger partial charge >= 0.3 is 0 Å². The SMILES string of the molecule is CC(C)N(Cc1cccc(Cl)c1)C(=O)c1ccccc1I. The van der Waals surface area contributed by atoms with Crippen molar-refractivity contribution in [3.05, 3.63) is 68.3 Å². The van der Waals surface area contributed by atoms with Crippen LogP contribution in [0.2, 0.25) is 5.02 Å². The summed E-state index contributed by atoms with van der Waals surface area (Å²) in [4.78, 5) is 14.6. The van der Waals surface area contributed by atoms with Gasteiger partial charge in [-0.2, -0.15) is 0 Å². The van der Waals surface area contributed by atoms with Gasteiger partial charge in [-0.25, -0.2) is 0 Å². The van der Waals surface area contributed by atoms with E-state index >= 15 is 0 Å². The predicted octanol–water partition coefficient (Wildman–Crippen LogP) is 5.00. The Labute approximate surface area is 144 Å². The van der Waals surface area contributed by atoms with Crippen molar-refractivity contribution in [3.8, 4) is 0 Å². The van der Waals surface area contributed by atoms with Crippen molar-refractivity contribution < 1.29 is 4.79 Å². The quantitative estimate of drug-likeness (QED) is 0.646. The number of benzene rings is 2. The summed E-state index contributed by atoms with van der Waals surface area (Å²) in [5.41, 5.74) is 1.78. The summed E-state index contributed by atoms with van der Waals surface area (Å²) in [6.07, 6.45) is 0. The lowest BCUT2D eigenvalue weighted by molar-refractivity contribution is 0.0689. The number of halogens is 2. The lowest BCUT2D eigenvalue weighted by Gasteiger charge is -2.27. The summed E-state index contributed by atoms with van der Waals surface area (Å²) in [5.74, 6) is 0.0509. The van der Waals surface area contributed by atoms with Crippen LogP contribution in [0, 0.1) is 3.57 Å². The topological polar surface area (TPSA) is 20.3 Å². The molecule has 2 nitrogen and oxygen atoms in total. The van der Waals surface area contributed by atoms with E-state index in [1.807, 2.05) is 67.3 Å². The molecule has 2 aromatic carbocycles. The van der Waals surface area contributed by atoms with Crippen LogP contribution in [0.15, 0.2) is 48.5 Å². The van der Waals surface area contributed by atoms with Gasteiger partial charge in [-0.15, -0.1) is 0 Å². The monoisotopic (exact) mass is 413 g/mol. The summed E-state index contributed by atoms with van der Waals surface area (Å²) < 4.78 is 0.969. The number of amides is 1. The number of hydrogen-bond donors (Lipinski definition) is 0. The maximum atomic E-state index is 12.8. The summed E-state index contributed by atoms with van der Waals surface area (Å²) in [6.45, 7) is 4.61. The summed E-state index contributed by atoms with van der Waals surface area (Å²) >= 11 is 8.23. The molecular weight excluding hydrogens is 397 g/mol. The fourth-order valence-electron chi connectivity index (χ4n) is 2.11. The molecule has 0 saturated carbocycles. The molecule has 0 unspecified atom stereocenters. The van der Waals surface area contributed by atoms with Crippen LogP contribution in [0.3, 0.4) is 0 Å². The van der Waals surface area contributed by atoms with Crippen LogP contribution < -0.4 is 0 Å². The smallest absolute Gasteiger partial charge is 0.255 e. The molecule has 0 aliphatic carbocycles. The number of rotatable bonds is 4. The fraction of sp³-hybridized carbons (Fsp3) is 0.235. The highest BCUT2D eigenvalue weighted by molar-refractivity contribution is 14.1. The molecule has 2 aromatic rings. The van der Waals surface area contributed by atoms with Crippen LogP contribution in [-0.4, -0.2) is 16.8 Å². The van der Waals surface area contributed by atoms with Gasteiger partial charge in [-0.1, -0.05) is 35.9 Å². The Bertz CT molecular complexity index is 642. The molecule has 0 atom stereocenters. The molecule has 21 heavy (non-hydrogen) atoms. The maximum Gasteiger partial charge on any atom is 0.255 e. The standard InChI is InChI=1S/C17H17ClINO/c1-12(2)20(11-13-6-5-7-14(18)10-13)17(21)15-8-3-4-9-16(15)19/h3-10,12H,11H2,1-2H3. The van der Waals surface area contributed by atoms with Gasteiger partial charge in [0.05, 0.1) is 5.56 Å². The normalized spacial score (nSPS) is 10.7. The lowest BCUT2D eigenvalue weighted by Crippen LogP contribution is -2.36. The molecule has 0 aromatic heterocycles. The average Bonchev–Trinajstić information content (AvgIpc) is 2.44. The van der Waals surface area contributed by atoms with Gasteiger partial charge in [0.15, 0.2) is 0 Å². The van der Waals surface area contributed by atoms with Gasteiger partial charge in [0.1, 0.15) is 0 Å². The Kier molecular flexibility index (Phi) is 5.65. The minimum atomic E-state index is 0.0509. The molecule has 0 aliphatic rings. The van der Waals surface area contributed by atoms with E-state index in [4.69, 9.17) is 11.6 Å². The first-order valence-corrected chi connectivity index (χ1v) is 8.24. The molecule has 0 N–H and O–H groups in total. The largest absolute Gasteiger partial charge is 0.332 e. The minimum absolute atomic E-state index is 0.0509. The van der Waals surface area contributed by atoms with Crippen molar-refractivity contribution in [2.24, 2.45) is 0 Å². The second kappa shape index (κ2) is 7.27. The second-order valence-electron chi connectivity index (χ2n) is 5.14. The Hall–Kier alpha value is -1.07.